The van der Waals surface area contributed by atoms with Crippen molar-refractivity contribution in [2.24, 2.45) is 0 Å². The Labute approximate surface area is 245 Å². The fraction of sp³-hybridized carbons (Fsp3) is 0.250. The minimum atomic E-state index is 0.345. The molecule has 5 nitrogen and oxygen atoms in total. The molecule has 0 fully saturated rings. The molecule has 0 saturated heterocycles. The molecular formula is C36H43N5. The van der Waals surface area contributed by atoms with E-state index in [0.29, 0.717) is 6.04 Å². The van der Waals surface area contributed by atoms with E-state index in [0.717, 1.165) is 59.0 Å². The van der Waals surface area contributed by atoms with Gasteiger partial charge in [0.25, 0.3) is 0 Å². The zero-order chi connectivity index (χ0) is 29.4. The molecule has 5 rings (SSSR count). The second kappa shape index (κ2) is 13.8. The number of aromatic nitrogens is 2. The Hall–Kier alpha value is -4.35. The van der Waals surface area contributed by atoms with Gasteiger partial charge in [0.2, 0.25) is 0 Å². The van der Waals surface area contributed by atoms with Gasteiger partial charge in [-0.15, -0.1) is 6.58 Å². The molecule has 5 heteroatoms. The minimum Gasteiger partial charge on any atom is -0.393 e. The van der Waals surface area contributed by atoms with Gasteiger partial charge in [-0.05, 0) is 68.6 Å². The van der Waals surface area contributed by atoms with Gasteiger partial charge in [0, 0.05) is 49.2 Å². The van der Waals surface area contributed by atoms with Crippen LogP contribution in [0.5, 0.6) is 0 Å². The summed E-state index contributed by atoms with van der Waals surface area (Å²) in [4.78, 5) is 7.43. The van der Waals surface area contributed by atoms with Gasteiger partial charge >= 0.3 is 0 Å². The third-order valence-corrected chi connectivity index (χ3v) is 7.68. The van der Waals surface area contributed by atoms with Gasteiger partial charge in [0.1, 0.15) is 5.82 Å². The summed E-state index contributed by atoms with van der Waals surface area (Å²) in [5.74, 6) is 0.877. The molecule has 1 unspecified atom stereocenters. The molecule has 0 radical (unpaired) electrons. The van der Waals surface area contributed by atoms with Crippen molar-refractivity contribution in [3.05, 3.63) is 126 Å². The number of benzene rings is 2. The normalized spacial score (nSPS) is 15.2. The molecule has 2 aromatic heterocycles. The maximum absolute atomic E-state index is 6.62. The van der Waals surface area contributed by atoms with Crippen molar-refractivity contribution in [3.8, 4) is 22.5 Å². The second-order valence-corrected chi connectivity index (χ2v) is 10.4. The maximum Gasteiger partial charge on any atom is 0.107 e. The van der Waals surface area contributed by atoms with Gasteiger partial charge in [0.05, 0.1) is 11.4 Å². The topological polar surface area (TPSA) is 59.1 Å². The summed E-state index contributed by atoms with van der Waals surface area (Å²) in [7, 11) is 4.13. The van der Waals surface area contributed by atoms with Gasteiger partial charge in [-0.2, -0.15) is 0 Å². The molecule has 1 aliphatic rings. The minimum absolute atomic E-state index is 0.345. The average molecular weight is 546 g/mol. The van der Waals surface area contributed by atoms with Crippen LogP contribution in [0.15, 0.2) is 104 Å². The van der Waals surface area contributed by atoms with Crippen LogP contribution in [0.2, 0.25) is 0 Å². The van der Waals surface area contributed by atoms with Crippen molar-refractivity contribution >= 4 is 11.4 Å². The van der Waals surface area contributed by atoms with Crippen LogP contribution < -0.4 is 11.1 Å². The molecule has 3 N–H and O–H groups in total. The summed E-state index contributed by atoms with van der Waals surface area (Å²) >= 11 is 0. The van der Waals surface area contributed by atoms with Crippen LogP contribution in [0.4, 0.5) is 5.82 Å². The third-order valence-electron chi connectivity index (χ3n) is 7.68. The van der Waals surface area contributed by atoms with Gasteiger partial charge < -0.3 is 15.6 Å². The lowest BCUT2D eigenvalue weighted by atomic mass is 9.98. The lowest BCUT2D eigenvalue weighted by Crippen LogP contribution is -2.31. The molecule has 0 bridgehead atoms. The fourth-order valence-corrected chi connectivity index (χ4v) is 5.40. The number of allylic oxidation sites excluding steroid dienone is 4. The summed E-state index contributed by atoms with van der Waals surface area (Å²) in [6, 6.07) is 25.4. The smallest absolute Gasteiger partial charge is 0.107 e. The van der Waals surface area contributed by atoms with Crippen molar-refractivity contribution in [2.75, 3.05) is 26.4 Å². The van der Waals surface area contributed by atoms with Gasteiger partial charge in [-0.1, -0.05) is 78.9 Å². The van der Waals surface area contributed by atoms with Crippen LogP contribution in [0.3, 0.4) is 0 Å². The van der Waals surface area contributed by atoms with Gasteiger partial charge in [-0.3, -0.25) is 4.90 Å². The first-order chi connectivity index (χ1) is 19.9. The number of hydrogen-bond donors (Lipinski definition) is 2. The first kappa shape index (κ1) is 29.6. The summed E-state index contributed by atoms with van der Waals surface area (Å²) in [6.45, 7) is 11.5. The van der Waals surface area contributed by atoms with E-state index in [2.05, 4.69) is 115 Å². The maximum atomic E-state index is 6.62. The van der Waals surface area contributed by atoms with Crippen LogP contribution in [0.1, 0.15) is 42.3 Å². The Morgan fingerprint density at radius 3 is 2.15 bits per heavy atom. The first-order valence-corrected chi connectivity index (χ1v) is 14.3. The molecular weight excluding hydrogens is 502 g/mol. The van der Waals surface area contributed by atoms with E-state index in [1.807, 2.05) is 32.3 Å². The molecule has 1 atom stereocenters. The zero-order valence-electron chi connectivity index (χ0n) is 25.1. The van der Waals surface area contributed by atoms with Crippen molar-refractivity contribution < 1.29 is 0 Å². The standard InChI is InChI=1S/C33H37N5.C3H6/c1-23-29-17-19-37(4)24(2)32(29)38(33(23)34)18-11-16-27(22-35-3)28-20-30(25-12-7-5-8-13-25)36-31(21-28)26-14-9-6-10-15-26;1-3-2/h5-16,20-22,24,35H,17-19,34H2,1-4H3;3H,1H2,2H3/b16-11-,27-22+;. The number of anilines is 1. The lowest BCUT2D eigenvalue weighted by Gasteiger charge is -2.31. The van der Waals surface area contributed by atoms with Crippen molar-refractivity contribution in [1.82, 2.24) is 19.8 Å². The van der Waals surface area contributed by atoms with E-state index < -0.39 is 0 Å². The highest BCUT2D eigenvalue weighted by Crippen LogP contribution is 2.36. The number of nitrogens with zero attached hydrogens (tertiary/aromatic N) is 3. The van der Waals surface area contributed by atoms with E-state index >= 15 is 0 Å². The predicted molar refractivity (Wildman–Crippen MR) is 175 cm³/mol. The molecule has 4 aromatic rings. The quantitative estimate of drug-likeness (QED) is 0.185. The SMILES string of the molecule is C=CC.CN/C=C(\C=C/Cn1c(N)c(C)c2c1C(C)N(C)CC2)c1cc(-c2ccccc2)nc(-c2ccccc2)c1. The summed E-state index contributed by atoms with van der Waals surface area (Å²) in [5, 5.41) is 3.24. The van der Waals surface area contributed by atoms with E-state index in [9.17, 15) is 0 Å². The summed E-state index contributed by atoms with van der Waals surface area (Å²) in [5.41, 5.74) is 16.9. The Bertz CT molecular complexity index is 1460. The van der Waals surface area contributed by atoms with E-state index in [1.165, 1.54) is 16.8 Å². The molecule has 3 heterocycles. The Morgan fingerprint density at radius 2 is 1.61 bits per heavy atom. The van der Waals surface area contributed by atoms with Crippen LogP contribution in [-0.2, 0) is 13.0 Å². The number of pyridine rings is 1. The monoisotopic (exact) mass is 545 g/mol. The lowest BCUT2D eigenvalue weighted by molar-refractivity contribution is 0.238. The highest BCUT2D eigenvalue weighted by atomic mass is 15.2. The molecule has 2 aromatic carbocycles. The first-order valence-electron chi connectivity index (χ1n) is 14.3. The number of nitrogens with one attached hydrogen (secondary N) is 1. The fourth-order valence-electron chi connectivity index (χ4n) is 5.40. The number of rotatable bonds is 7. The Kier molecular flexibility index (Phi) is 9.99. The van der Waals surface area contributed by atoms with Gasteiger partial charge in [0.15, 0.2) is 0 Å². The van der Waals surface area contributed by atoms with E-state index in [4.69, 9.17) is 10.7 Å². The molecule has 0 aliphatic carbocycles. The Morgan fingerprint density at radius 1 is 1.05 bits per heavy atom. The number of fused-ring (bicyclic) bond motifs is 1. The number of nitrogen functional groups attached to an aromatic ring is 1. The summed E-state index contributed by atoms with van der Waals surface area (Å²) in [6.07, 6.45) is 9.25. The highest BCUT2D eigenvalue weighted by Gasteiger charge is 2.28. The van der Waals surface area contributed by atoms with Crippen molar-refractivity contribution in [2.45, 2.75) is 39.8 Å². The van der Waals surface area contributed by atoms with Crippen LogP contribution in [0.25, 0.3) is 28.1 Å². The zero-order valence-corrected chi connectivity index (χ0v) is 25.1. The molecule has 0 spiro atoms. The Balaban J connectivity index is 0.00000124. The molecule has 1 aliphatic heterocycles. The van der Waals surface area contributed by atoms with Crippen LogP contribution in [-0.4, -0.2) is 35.1 Å². The number of hydrogen-bond acceptors (Lipinski definition) is 4. The van der Waals surface area contributed by atoms with Crippen molar-refractivity contribution in [1.29, 1.82) is 0 Å². The predicted octanol–water partition coefficient (Wildman–Crippen LogP) is 7.67. The average Bonchev–Trinajstić information content (AvgIpc) is 3.24. The molecule has 0 amide bonds. The number of likely N-dealkylation sites (N-methyl/N-ethyl adjacent to an activating group) is 1. The highest BCUT2D eigenvalue weighted by molar-refractivity contribution is 5.80. The van der Waals surface area contributed by atoms with E-state index in [1.54, 1.807) is 6.08 Å². The van der Waals surface area contributed by atoms with E-state index in [-0.39, 0.29) is 0 Å². The van der Waals surface area contributed by atoms with Crippen LogP contribution in [0, 0.1) is 6.92 Å². The van der Waals surface area contributed by atoms with Crippen LogP contribution >= 0.6 is 0 Å². The number of nitrogens with two attached hydrogens (primary N) is 1. The molecule has 0 saturated carbocycles. The molecule has 41 heavy (non-hydrogen) atoms. The third kappa shape index (κ3) is 6.69. The second-order valence-electron chi connectivity index (χ2n) is 10.4. The van der Waals surface area contributed by atoms with Gasteiger partial charge in [-0.25, -0.2) is 4.98 Å². The summed E-state index contributed by atoms with van der Waals surface area (Å²) < 4.78 is 2.29. The van der Waals surface area contributed by atoms with Crippen molar-refractivity contribution in [3.63, 3.8) is 0 Å². The molecule has 212 valence electrons. The largest absolute Gasteiger partial charge is 0.393 e.